The van der Waals surface area contributed by atoms with Crippen molar-refractivity contribution in [3.05, 3.63) is 63.3 Å². The van der Waals surface area contributed by atoms with Crippen molar-refractivity contribution < 1.29 is 4.79 Å². The van der Waals surface area contributed by atoms with Gasteiger partial charge in [-0.1, -0.05) is 17.7 Å². The lowest BCUT2D eigenvalue weighted by molar-refractivity contribution is 0.0787. The molecule has 30 heavy (non-hydrogen) atoms. The van der Waals surface area contributed by atoms with Crippen LogP contribution >= 0.6 is 11.6 Å². The Bertz CT molecular complexity index is 1380. The van der Waals surface area contributed by atoms with Crippen molar-refractivity contribution >= 4 is 39.3 Å². The molecule has 5 rings (SSSR count). The van der Waals surface area contributed by atoms with Crippen LogP contribution in [0.1, 0.15) is 29.0 Å². The lowest BCUT2D eigenvalue weighted by Gasteiger charge is -2.16. The zero-order chi connectivity index (χ0) is 21.0. The molecule has 0 radical (unpaired) electrons. The van der Waals surface area contributed by atoms with Crippen LogP contribution < -0.4 is 5.56 Å². The summed E-state index contributed by atoms with van der Waals surface area (Å²) in [5, 5.41) is 6.52. The van der Waals surface area contributed by atoms with Gasteiger partial charge in [-0.3, -0.25) is 14.6 Å². The van der Waals surface area contributed by atoms with E-state index in [1.807, 2.05) is 24.9 Å². The van der Waals surface area contributed by atoms with E-state index in [1.54, 1.807) is 35.0 Å². The summed E-state index contributed by atoms with van der Waals surface area (Å²) in [5.41, 5.74) is 2.55. The minimum absolute atomic E-state index is 0.153. The minimum Gasteiger partial charge on any atom is -0.339 e. The van der Waals surface area contributed by atoms with E-state index in [4.69, 9.17) is 11.6 Å². The lowest BCUT2D eigenvalue weighted by Crippen LogP contribution is -2.32. The van der Waals surface area contributed by atoms with E-state index in [0.717, 1.165) is 29.4 Å². The molecule has 0 aliphatic carbocycles. The summed E-state index contributed by atoms with van der Waals surface area (Å²) >= 11 is 6.21. The fourth-order valence-corrected chi connectivity index (χ4v) is 4.42. The monoisotopic (exact) mass is 421 g/mol. The highest BCUT2D eigenvalue weighted by Crippen LogP contribution is 2.31. The van der Waals surface area contributed by atoms with Crippen LogP contribution in [0.25, 0.3) is 27.5 Å². The van der Waals surface area contributed by atoms with Gasteiger partial charge in [0, 0.05) is 47.8 Å². The average molecular weight is 422 g/mol. The average Bonchev–Trinajstić information content (AvgIpc) is 3.36. The highest BCUT2D eigenvalue weighted by Gasteiger charge is 2.28. The van der Waals surface area contributed by atoms with Gasteiger partial charge in [0.25, 0.3) is 11.5 Å². The third-order valence-electron chi connectivity index (χ3n) is 5.72. The van der Waals surface area contributed by atoms with Crippen LogP contribution in [0.2, 0.25) is 5.02 Å². The summed E-state index contributed by atoms with van der Waals surface area (Å²) in [6.07, 6.45) is 3.58. The molecule has 4 heterocycles. The van der Waals surface area contributed by atoms with Gasteiger partial charge in [-0.15, -0.1) is 0 Å². The van der Waals surface area contributed by atoms with Gasteiger partial charge in [0.2, 0.25) is 0 Å². The summed E-state index contributed by atoms with van der Waals surface area (Å²) < 4.78 is 3.10. The first-order chi connectivity index (χ1) is 14.5. The minimum atomic E-state index is -0.289. The zero-order valence-electron chi connectivity index (χ0n) is 16.7. The Morgan fingerprint density at radius 2 is 1.90 bits per heavy atom. The zero-order valence-corrected chi connectivity index (χ0v) is 17.5. The van der Waals surface area contributed by atoms with Crippen LogP contribution in [0.15, 0.2) is 41.3 Å². The second-order valence-electron chi connectivity index (χ2n) is 7.66. The molecule has 1 amide bonds. The Hall–Kier alpha value is -3.19. The molecule has 0 bridgehead atoms. The van der Waals surface area contributed by atoms with E-state index < -0.39 is 0 Å². The van der Waals surface area contributed by atoms with Crippen LogP contribution in [0.3, 0.4) is 0 Å². The van der Waals surface area contributed by atoms with E-state index >= 15 is 0 Å². The summed E-state index contributed by atoms with van der Waals surface area (Å²) in [6, 6.07) is 8.93. The topological polar surface area (TPSA) is 73.0 Å². The molecule has 0 atom stereocenters. The molecule has 0 saturated carbocycles. The van der Waals surface area contributed by atoms with E-state index in [1.165, 1.54) is 4.68 Å². The summed E-state index contributed by atoms with van der Waals surface area (Å²) in [4.78, 5) is 33.0. The van der Waals surface area contributed by atoms with Gasteiger partial charge < -0.3 is 9.47 Å². The fraction of sp³-hybridized carbons (Fsp3) is 0.273. The number of pyridine rings is 1. The largest absolute Gasteiger partial charge is 0.339 e. The van der Waals surface area contributed by atoms with Crippen LogP contribution in [0.4, 0.5) is 0 Å². The van der Waals surface area contributed by atoms with Crippen molar-refractivity contribution in [1.82, 2.24) is 24.2 Å². The number of rotatable bonds is 2. The normalized spacial score (nSPS) is 14.2. The van der Waals surface area contributed by atoms with Crippen LogP contribution in [-0.2, 0) is 7.05 Å². The molecule has 1 fully saturated rings. The molecule has 152 valence electrons. The SMILES string of the molecule is Cc1cc(-n2nc(C(=O)N3CCCC3)c3c4ccc(Cl)cc4n(C)c3c2=O)ccn1. The summed E-state index contributed by atoms with van der Waals surface area (Å²) in [6.45, 7) is 3.25. The molecule has 8 heteroatoms. The van der Waals surface area contributed by atoms with Crippen molar-refractivity contribution in [2.75, 3.05) is 13.1 Å². The van der Waals surface area contributed by atoms with Gasteiger partial charge in [0.15, 0.2) is 5.69 Å². The quantitative estimate of drug-likeness (QED) is 0.496. The number of hydrogen-bond donors (Lipinski definition) is 0. The third-order valence-corrected chi connectivity index (χ3v) is 5.95. The smallest absolute Gasteiger partial charge is 0.296 e. The molecule has 0 N–H and O–H groups in total. The molecule has 1 aliphatic heterocycles. The van der Waals surface area contributed by atoms with Crippen molar-refractivity contribution in [1.29, 1.82) is 0 Å². The van der Waals surface area contributed by atoms with Gasteiger partial charge in [-0.05, 0) is 44.0 Å². The maximum Gasteiger partial charge on any atom is 0.296 e. The number of carbonyl (C=O) groups is 1. The first kappa shape index (κ1) is 18.8. The molecule has 4 aromatic rings. The number of fused-ring (bicyclic) bond motifs is 3. The van der Waals surface area contributed by atoms with Crippen molar-refractivity contribution in [3.63, 3.8) is 0 Å². The van der Waals surface area contributed by atoms with Crippen molar-refractivity contribution in [2.24, 2.45) is 7.05 Å². The van der Waals surface area contributed by atoms with Gasteiger partial charge in [-0.2, -0.15) is 9.78 Å². The van der Waals surface area contributed by atoms with E-state index in [9.17, 15) is 9.59 Å². The second-order valence-corrected chi connectivity index (χ2v) is 8.10. The van der Waals surface area contributed by atoms with Crippen LogP contribution in [0, 0.1) is 6.92 Å². The van der Waals surface area contributed by atoms with E-state index in [-0.39, 0.29) is 17.2 Å². The number of aromatic nitrogens is 4. The second kappa shape index (κ2) is 6.95. The number of amides is 1. The van der Waals surface area contributed by atoms with Gasteiger partial charge in [-0.25, -0.2) is 0 Å². The van der Waals surface area contributed by atoms with Crippen molar-refractivity contribution in [3.8, 4) is 5.69 Å². The first-order valence-corrected chi connectivity index (χ1v) is 10.3. The highest BCUT2D eigenvalue weighted by molar-refractivity contribution is 6.31. The van der Waals surface area contributed by atoms with Crippen LogP contribution in [0.5, 0.6) is 0 Å². The fourth-order valence-electron chi connectivity index (χ4n) is 4.25. The molecular weight excluding hydrogens is 402 g/mol. The van der Waals surface area contributed by atoms with E-state index in [0.29, 0.717) is 34.7 Å². The molecule has 3 aromatic heterocycles. The van der Waals surface area contributed by atoms with Crippen LogP contribution in [-0.4, -0.2) is 43.2 Å². The number of hydrogen-bond acceptors (Lipinski definition) is 4. The number of halogens is 1. The molecule has 1 aliphatic rings. The molecule has 1 aromatic carbocycles. The summed E-state index contributed by atoms with van der Waals surface area (Å²) in [5.74, 6) is -0.153. The number of likely N-dealkylation sites (tertiary alicyclic amines) is 1. The summed E-state index contributed by atoms with van der Waals surface area (Å²) in [7, 11) is 1.81. The predicted octanol–water partition coefficient (Wildman–Crippen LogP) is 3.47. The first-order valence-electron chi connectivity index (χ1n) is 9.89. The lowest BCUT2D eigenvalue weighted by atomic mass is 10.1. The Morgan fingerprint density at radius 3 is 2.63 bits per heavy atom. The molecule has 7 nitrogen and oxygen atoms in total. The number of nitrogens with zero attached hydrogens (tertiary/aromatic N) is 5. The van der Waals surface area contributed by atoms with Crippen molar-refractivity contribution in [2.45, 2.75) is 19.8 Å². The number of aryl methyl sites for hydroxylation is 2. The third kappa shape index (κ3) is 2.81. The molecular formula is C22H20ClN5O2. The Morgan fingerprint density at radius 1 is 1.13 bits per heavy atom. The van der Waals surface area contributed by atoms with Gasteiger partial charge in [0.1, 0.15) is 5.52 Å². The van der Waals surface area contributed by atoms with Gasteiger partial charge in [0.05, 0.1) is 11.2 Å². The highest BCUT2D eigenvalue weighted by atomic mass is 35.5. The number of benzene rings is 1. The maximum absolute atomic E-state index is 13.5. The standard InChI is InChI=1S/C22H20ClN5O2/c1-13-11-15(7-8-24-13)28-22(30)20-18(16-6-5-14(23)12-17(16)26(20)2)19(25-28)21(29)27-9-3-4-10-27/h5-8,11-12H,3-4,9-10H2,1-2H3. The van der Waals surface area contributed by atoms with E-state index in [2.05, 4.69) is 10.1 Å². The Kier molecular flexibility index (Phi) is 4.36. The molecule has 0 spiro atoms. The predicted molar refractivity (Wildman–Crippen MR) is 116 cm³/mol. The van der Waals surface area contributed by atoms with Gasteiger partial charge >= 0.3 is 0 Å². The Balaban J connectivity index is 1.91. The maximum atomic E-state index is 13.5. The Labute approximate surface area is 177 Å². The number of carbonyl (C=O) groups excluding carboxylic acids is 1. The molecule has 0 unspecified atom stereocenters. The molecule has 1 saturated heterocycles.